The van der Waals surface area contributed by atoms with Crippen molar-refractivity contribution in [2.75, 3.05) is 12.0 Å². The van der Waals surface area contributed by atoms with Crippen molar-refractivity contribution >= 4 is 34.2 Å². The Hall–Kier alpha value is -3.17. The Balaban J connectivity index is 1.44. The number of carboxylic acid groups (broad SMARTS) is 1. The Kier molecular flexibility index (Phi) is 6.29. The Morgan fingerprint density at radius 2 is 2.06 bits per heavy atom. The number of halogens is 2. The molecule has 1 aliphatic rings. The highest BCUT2D eigenvalue weighted by molar-refractivity contribution is 6.31. The van der Waals surface area contributed by atoms with Gasteiger partial charge in [0.25, 0.3) is 0 Å². The zero-order valence-corrected chi connectivity index (χ0v) is 17.8. The van der Waals surface area contributed by atoms with Gasteiger partial charge in [-0.05, 0) is 56.0 Å². The predicted molar refractivity (Wildman–Crippen MR) is 118 cm³/mol. The van der Waals surface area contributed by atoms with Crippen molar-refractivity contribution in [1.29, 1.82) is 0 Å². The van der Waals surface area contributed by atoms with Gasteiger partial charge in [-0.3, -0.25) is 4.79 Å². The van der Waals surface area contributed by atoms with E-state index in [2.05, 4.69) is 15.3 Å². The summed E-state index contributed by atoms with van der Waals surface area (Å²) in [5.74, 6) is -0.633. The molecule has 4 N–H and O–H groups in total. The Morgan fingerprint density at radius 1 is 1.28 bits per heavy atom. The van der Waals surface area contributed by atoms with Crippen LogP contribution in [-0.2, 0) is 4.79 Å². The molecule has 8 nitrogen and oxygen atoms in total. The number of nitrogens with one attached hydrogen (secondary N) is 1. The van der Waals surface area contributed by atoms with Crippen molar-refractivity contribution in [3.05, 3.63) is 53.6 Å². The number of fused-ring (bicyclic) bond motifs is 1. The lowest BCUT2D eigenvalue weighted by Crippen LogP contribution is -2.51. The molecule has 1 heterocycles. The minimum absolute atomic E-state index is 0.0159. The molecule has 10 heteroatoms. The Bertz CT molecular complexity index is 1140. The van der Waals surface area contributed by atoms with Gasteiger partial charge in [0.05, 0.1) is 27.7 Å². The average molecular weight is 461 g/mol. The number of carbonyl (C=O) groups is 1. The molecule has 0 amide bonds. The summed E-state index contributed by atoms with van der Waals surface area (Å²) in [6.45, 7) is -0.0368. The lowest BCUT2D eigenvalue weighted by Gasteiger charge is -2.33. The summed E-state index contributed by atoms with van der Waals surface area (Å²) in [4.78, 5) is 19.7. The van der Waals surface area contributed by atoms with Crippen molar-refractivity contribution in [2.24, 2.45) is 5.73 Å². The number of ether oxygens (including phenoxy) is 2. The zero-order chi connectivity index (χ0) is 22.7. The first-order valence-electron chi connectivity index (χ1n) is 10.1. The largest absolute Gasteiger partial charge is 0.490 e. The van der Waals surface area contributed by atoms with Crippen molar-refractivity contribution in [1.82, 2.24) is 9.97 Å². The zero-order valence-electron chi connectivity index (χ0n) is 17.1. The summed E-state index contributed by atoms with van der Waals surface area (Å²) in [6, 6.07) is 10.00. The van der Waals surface area contributed by atoms with E-state index in [1.165, 1.54) is 12.4 Å². The summed E-state index contributed by atoms with van der Waals surface area (Å²) in [7, 11) is 0. The summed E-state index contributed by atoms with van der Waals surface area (Å²) < 4.78 is 25.8. The molecular formula is C22H22ClFN4O4. The molecule has 0 saturated heterocycles. The van der Waals surface area contributed by atoms with Gasteiger partial charge < -0.3 is 25.6 Å². The monoisotopic (exact) mass is 460 g/mol. The fourth-order valence-corrected chi connectivity index (χ4v) is 3.83. The quantitative estimate of drug-likeness (QED) is 0.453. The first-order chi connectivity index (χ1) is 15.4. The van der Waals surface area contributed by atoms with E-state index in [0.717, 1.165) is 0 Å². The highest BCUT2D eigenvalue weighted by atomic mass is 35.5. The molecular weight excluding hydrogens is 439 g/mol. The highest BCUT2D eigenvalue weighted by Gasteiger charge is 2.38. The topological polar surface area (TPSA) is 120 Å². The number of nitrogens with two attached hydrogens (primary N) is 1. The summed E-state index contributed by atoms with van der Waals surface area (Å²) >= 11 is 5.79. The van der Waals surface area contributed by atoms with Crippen LogP contribution >= 0.6 is 11.6 Å². The van der Waals surface area contributed by atoms with Crippen LogP contribution in [0.25, 0.3) is 10.9 Å². The van der Waals surface area contributed by atoms with Crippen LogP contribution in [0.4, 0.5) is 10.1 Å². The van der Waals surface area contributed by atoms with E-state index in [1.54, 1.807) is 30.3 Å². The molecule has 1 saturated carbocycles. The Morgan fingerprint density at radius 3 is 2.81 bits per heavy atom. The number of anilines is 1. The van der Waals surface area contributed by atoms with Crippen LogP contribution in [0.15, 0.2) is 42.7 Å². The molecule has 0 atom stereocenters. The number of hydrogen-bond donors (Lipinski definition) is 3. The second-order valence-electron chi connectivity index (χ2n) is 7.70. The molecule has 2 aromatic carbocycles. The smallest absolute Gasteiger partial charge is 0.323 e. The van der Waals surface area contributed by atoms with Gasteiger partial charge in [-0.1, -0.05) is 17.7 Å². The second kappa shape index (κ2) is 9.13. The van der Waals surface area contributed by atoms with E-state index in [4.69, 9.17) is 26.8 Å². The van der Waals surface area contributed by atoms with Crippen molar-refractivity contribution < 1.29 is 23.8 Å². The van der Waals surface area contributed by atoms with Crippen molar-refractivity contribution in [3.63, 3.8) is 0 Å². The van der Waals surface area contributed by atoms with Gasteiger partial charge in [-0.2, -0.15) is 0 Å². The standard InChI is InChI=1S/C22H22ClFN4O4/c23-16-2-1-3-18(19(16)24)28-12-31-20-15-10-14(4-5-17(15)26-11-27-20)32-13-6-8-22(25,9-7-13)21(29)30/h1-5,10-11,13,28H,6-9,12,25H2,(H,29,30). The molecule has 0 bridgehead atoms. The van der Waals surface area contributed by atoms with Crippen molar-refractivity contribution in [3.8, 4) is 11.6 Å². The van der Waals surface area contributed by atoms with Gasteiger partial charge in [0.15, 0.2) is 12.5 Å². The highest BCUT2D eigenvalue weighted by Crippen LogP contribution is 2.32. The van der Waals surface area contributed by atoms with Gasteiger partial charge >= 0.3 is 5.97 Å². The van der Waals surface area contributed by atoms with Crippen LogP contribution in [0.2, 0.25) is 5.02 Å². The van der Waals surface area contributed by atoms with Crippen molar-refractivity contribution in [2.45, 2.75) is 37.3 Å². The second-order valence-corrected chi connectivity index (χ2v) is 8.11. The number of hydrogen-bond acceptors (Lipinski definition) is 7. The van der Waals surface area contributed by atoms with Gasteiger partial charge in [0.2, 0.25) is 5.88 Å². The van der Waals surface area contributed by atoms with Crippen LogP contribution < -0.4 is 20.5 Å². The third kappa shape index (κ3) is 4.68. The van der Waals surface area contributed by atoms with Crippen LogP contribution in [0.5, 0.6) is 11.6 Å². The summed E-state index contributed by atoms with van der Waals surface area (Å²) in [6.07, 6.45) is 3.04. The first kappa shape index (κ1) is 22.0. The number of aromatic nitrogens is 2. The lowest BCUT2D eigenvalue weighted by atomic mass is 9.81. The molecule has 4 rings (SSSR count). The summed E-state index contributed by atoms with van der Waals surface area (Å²) in [5.41, 5.74) is 5.62. The van der Waals surface area contributed by atoms with Crippen LogP contribution in [0.3, 0.4) is 0 Å². The first-order valence-corrected chi connectivity index (χ1v) is 10.5. The molecule has 1 fully saturated rings. The molecule has 32 heavy (non-hydrogen) atoms. The summed E-state index contributed by atoms with van der Waals surface area (Å²) in [5, 5.41) is 12.7. The average Bonchev–Trinajstić information content (AvgIpc) is 2.78. The van der Waals surface area contributed by atoms with E-state index >= 15 is 0 Å². The molecule has 3 aromatic rings. The molecule has 0 unspecified atom stereocenters. The number of aliphatic carboxylic acids is 1. The van der Waals surface area contributed by atoms with E-state index in [1.807, 2.05) is 0 Å². The molecule has 168 valence electrons. The van der Waals surface area contributed by atoms with E-state index < -0.39 is 17.3 Å². The normalized spacial score (nSPS) is 20.7. The van der Waals surface area contributed by atoms with Crippen LogP contribution in [0, 0.1) is 5.82 Å². The lowest BCUT2D eigenvalue weighted by molar-refractivity contribution is -0.145. The van der Waals surface area contributed by atoms with E-state index in [-0.39, 0.29) is 23.5 Å². The van der Waals surface area contributed by atoms with Gasteiger partial charge in [-0.15, -0.1) is 0 Å². The van der Waals surface area contributed by atoms with Gasteiger partial charge in [-0.25, -0.2) is 14.4 Å². The number of carboxylic acids is 1. The maximum Gasteiger partial charge on any atom is 0.323 e. The van der Waals surface area contributed by atoms with Crippen LogP contribution in [-0.4, -0.2) is 39.4 Å². The van der Waals surface area contributed by atoms with Gasteiger partial charge in [0.1, 0.15) is 17.6 Å². The number of benzene rings is 2. The number of rotatable bonds is 7. The third-order valence-corrected chi connectivity index (χ3v) is 5.84. The SMILES string of the molecule is NC1(C(=O)O)CCC(Oc2ccc3ncnc(OCNc4cccc(Cl)c4F)c3c2)CC1. The van der Waals surface area contributed by atoms with E-state index in [9.17, 15) is 14.3 Å². The fourth-order valence-electron chi connectivity index (χ4n) is 3.65. The number of nitrogens with zero attached hydrogens (tertiary/aromatic N) is 2. The molecule has 0 aliphatic heterocycles. The molecule has 0 spiro atoms. The molecule has 1 aliphatic carbocycles. The fraction of sp³-hybridized carbons (Fsp3) is 0.318. The van der Waals surface area contributed by atoms with E-state index in [0.29, 0.717) is 48.2 Å². The minimum Gasteiger partial charge on any atom is -0.490 e. The predicted octanol–water partition coefficient (Wildman–Crippen LogP) is 3.97. The maximum atomic E-state index is 14.0. The third-order valence-electron chi connectivity index (χ3n) is 5.55. The van der Waals surface area contributed by atoms with Crippen LogP contribution in [0.1, 0.15) is 25.7 Å². The molecule has 0 radical (unpaired) electrons. The van der Waals surface area contributed by atoms with Gasteiger partial charge in [0, 0.05) is 0 Å². The Labute approximate surface area is 188 Å². The molecule has 1 aromatic heterocycles. The minimum atomic E-state index is -1.19. The maximum absolute atomic E-state index is 14.0.